The molecule has 0 amide bonds. The number of hydrogen-bond donors (Lipinski definition) is 2. The molecule has 2 N–H and O–H groups in total. The highest BCUT2D eigenvalue weighted by Crippen LogP contribution is 2.43. The Kier molecular flexibility index (Phi) is 17.5. The molecular formula is C43H80N2. The molecule has 0 aromatic heterocycles. The molecule has 5 rings (SSSR count). The van der Waals surface area contributed by atoms with Crippen LogP contribution < -0.4 is 10.6 Å². The molecule has 0 spiro atoms. The molecule has 2 aliphatic heterocycles. The largest absolute Gasteiger partial charge is 0.313 e. The summed E-state index contributed by atoms with van der Waals surface area (Å²) < 4.78 is 0. The molecule has 0 radical (unpaired) electrons. The maximum absolute atomic E-state index is 4.33. The van der Waals surface area contributed by atoms with Gasteiger partial charge in [-0.25, -0.2) is 0 Å². The SMILES string of the molecule is C1CCCNC2C(CCC1)CCCCCCCC2C1CCCCC(C2CCCCCCCC3CCCCCCCNC32)CCC1. The van der Waals surface area contributed by atoms with Crippen molar-refractivity contribution in [3.63, 3.8) is 0 Å². The molecule has 0 aromatic rings. The molecular weight excluding hydrogens is 544 g/mol. The van der Waals surface area contributed by atoms with Crippen molar-refractivity contribution in [2.75, 3.05) is 13.1 Å². The molecule has 8 atom stereocenters. The summed E-state index contributed by atoms with van der Waals surface area (Å²) in [4.78, 5) is 0. The Balaban J connectivity index is 1.29. The van der Waals surface area contributed by atoms with E-state index >= 15 is 0 Å². The fourth-order valence-electron chi connectivity index (χ4n) is 11.7. The average Bonchev–Trinajstić information content (AvgIpc) is 3.18. The first kappa shape index (κ1) is 36.2. The third-order valence-electron chi connectivity index (χ3n) is 14.2. The third kappa shape index (κ3) is 12.4. The lowest BCUT2D eigenvalue weighted by Crippen LogP contribution is -2.46. The summed E-state index contributed by atoms with van der Waals surface area (Å²) in [7, 11) is 0. The van der Waals surface area contributed by atoms with Crippen LogP contribution in [-0.4, -0.2) is 25.2 Å². The summed E-state index contributed by atoms with van der Waals surface area (Å²) >= 11 is 0. The van der Waals surface area contributed by atoms with E-state index in [0.29, 0.717) is 0 Å². The molecule has 2 nitrogen and oxygen atoms in total. The first-order valence-electron chi connectivity index (χ1n) is 21.9. The lowest BCUT2D eigenvalue weighted by Gasteiger charge is -2.41. The van der Waals surface area contributed by atoms with Crippen molar-refractivity contribution >= 4 is 0 Å². The van der Waals surface area contributed by atoms with Gasteiger partial charge in [0.05, 0.1) is 0 Å². The van der Waals surface area contributed by atoms with Gasteiger partial charge in [-0.15, -0.1) is 0 Å². The van der Waals surface area contributed by atoms with Crippen molar-refractivity contribution in [1.82, 2.24) is 10.6 Å². The first-order valence-corrected chi connectivity index (χ1v) is 21.9. The Morgan fingerprint density at radius 2 is 0.489 bits per heavy atom. The van der Waals surface area contributed by atoms with E-state index in [9.17, 15) is 0 Å². The summed E-state index contributed by atoms with van der Waals surface area (Å²) in [6.45, 7) is 2.59. The van der Waals surface area contributed by atoms with Gasteiger partial charge in [0.15, 0.2) is 0 Å². The minimum atomic E-state index is 0.814. The van der Waals surface area contributed by atoms with Crippen molar-refractivity contribution in [2.45, 2.75) is 224 Å². The number of nitrogens with one attached hydrogen (secondary N) is 2. The molecule has 0 bridgehead atoms. The van der Waals surface area contributed by atoms with E-state index in [1.54, 1.807) is 12.8 Å². The van der Waals surface area contributed by atoms with Gasteiger partial charge in [0.25, 0.3) is 0 Å². The van der Waals surface area contributed by atoms with Gasteiger partial charge in [-0.3, -0.25) is 0 Å². The van der Waals surface area contributed by atoms with Crippen molar-refractivity contribution < 1.29 is 0 Å². The quantitative estimate of drug-likeness (QED) is 0.319. The molecule has 8 unspecified atom stereocenters. The zero-order valence-corrected chi connectivity index (χ0v) is 30.4. The van der Waals surface area contributed by atoms with Crippen molar-refractivity contribution in [3.05, 3.63) is 0 Å². The summed E-state index contributed by atoms with van der Waals surface area (Å²) in [5.74, 6) is 5.75. The minimum absolute atomic E-state index is 0.814. The van der Waals surface area contributed by atoms with Crippen molar-refractivity contribution in [2.24, 2.45) is 35.5 Å². The second-order valence-corrected chi connectivity index (χ2v) is 17.3. The highest BCUT2D eigenvalue weighted by Gasteiger charge is 2.37. The lowest BCUT2D eigenvalue weighted by molar-refractivity contribution is 0.130. The van der Waals surface area contributed by atoms with Crippen LogP contribution in [0.2, 0.25) is 0 Å². The highest BCUT2D eigenvalue weighted by molar-refractivity contribution is 4.92. The molecule has 45 heavy (non-hydrogen) atoms. The van der Waals surface area contributed by atoms with E-state index in [1.165, 1.54) is 212 Å². The Labute approximate surface area is 282 Å². The Morgan fingerprint density at radius 1 is 0.222 bits per heavy atom. The normalized spacial score (nSPS) is 38.9. The standard InChI is InChI=1S/C43H80N2/c1-5-13-26-38-28-15-7-3-11-21-34-44-42(38)40(32-17-9-1)36-24-19-20-25-37(31-23-30-36)41-33-18-10-2-6-14-27-39-29-16-8-4-12-22-35-45-43(39)41/h36-45H,1-35H2. The number of hydrogen-bond acceptors (Lipinski definition) is 2. The van der Waals surface area contributed by atoms with Crippen LogP contribution in [0.3, 0.4) is 0 Å². The molecule has 2 saturated heterocycles. The summed E-state index contributed by atoms with van der Waals surface area (Å²) in [5.41, 5.74) is 0. The Bertz CT molecular complexity index is 663. The molecule has 5 aliphatic rings. The number of rotatable bonds is 2. The number of fused-ring (bicyclic) bond motifs is 2. The fraction of sp³-hybridized carbons (Fsp3) is 1.00. The van der Waals surface area contributed by atoms with Crippen LogP contribution in [0.1, 0.15) is 212 Å². The molecule has 3 saturated carbocycles. The van der Waals surface area contributed by atoms with Gasteiger partial charge in [-0.2, -0.15) is 0 Å². The maximum atomic E-state index is 4.33. The van der Waals surface area contributed by atoms with Gasteiger partial charge in [0.2, 0.25) is 0 Å². The maximum Gasteiger partial charge on any atom is 0.0126 e. The van der Waals surface area contributed by atoms with Crippen LogP contribution in [0.15, 0.2) is 0 Å². The molecule has 2 heteroatoms. The topological polar surface area (TPSA) is 24.1 Å². The second kappa shape index (κ2) is 21.8. The highest BCUT2D eigenvalue weighted by atomic mass is 14.9. The predicted octanol–water partition coefficient (Wildman–Crippen LogP) is 12.5. The van der Waals surface area contributed by atoms with Gasteiger partial charge in [-0.05, 0) is 100.0 Å². The van der Waals surface area contributed by atoms with Crippen molar-refractivity contribution in [1.29, 1.82) is 0 Å². The lowest BCUT2D eigenvalue weighted by atomic mass is 9.70. The first-order chi connectivity index (χ1) is 22.4. The van der Waals surface area contributed by atoms with Crippen LogP contribution >= 0.6 is 0 Å². The van der Waals surface area contributed by atoms with Gasteiger partial charge in [0, 0.05) is 12.1 Å². The monoisotopic (exact) mass is 625 g/mol. The fourth-order valence-corrected chi connectivity index (χ4v) is 11.7. The smallest absolute Gasteiger partial charge is 0.0126 e. The average molecular weight is 625 g/mol. The minimum Gasteiger partial charge on any atom is -0.313 e. The van der Waals surface area contributed by atoms with E-state index < -0.39 is 0 Å². The summed E-state index contributed by atoms with van der Waals surface area (Å²) in [5, 5.41) is 8.67. The Hall–Kier alpha value is -0.0800. The van der Waals surface area contributed by atoms with Crippen LogP contribution in [0.4, 0.5) is 0 Å². The van der Waals surface area contributed by atoms with Crippen LogP contribution in [0, 0.1) is 35.5 Å². The predicted molar refractivity (Wildman–Crippen MR) is 197 cm³/mol. The van der Waals surface area contributed by atoms with E-state index in [4.69, 9.17) is 0 Å². The summed E-state index contributed by atoms with van der Waals surface area (Å²) in [6, 6.07) is 1.63. The molecule has 262 valence electrons. The van der Waals surface area contributed by atoms with Crippen LogP contribution in [0.5, 0.6) is 0 Å². The zero-order chi connectivity index (χ0) is 30.8. The molecule has 0 aromatic carbocycles. The van der Waals surface area contributed by atoms with Gasteiger partial charge < -0.3 is 10.6 Å². The van der Waals surface area contributed by atoms with E-state index in [-0.39, 0.29) is 0 Å². The Morgan fingerprint density at radius 3 is 0.889 bits per heavy atom. The second-order valence-electron chi connectivity index (χ2n) is 17.3. The van der Waals surface area contributed by atoms with Crippen LogP contribution in [0.25, 0.3) is 0 Å². The van der Waals surface area contributed by atoms with Gasteiger partial charge in [0.1, 0.15) is 0 Å². The van der Waals surface area contributed by atoms with Crippen molar-refractivity contribution in [3.8, 4) is 0 Å². The molecule has 2 heterocycles. The van der Waals surface area contributed by atoms with E-state index in [1.807, 2.05) is 0 Å². The van der Waals surface area contributed by atoms with Gasteiger partial charge >= 0.3 is 0 Å². The van der Waals surface area contributed by atoms with E-state index in [2.05, 4.69) is 10.6 Å². The molecule has 3 aliphatic carbocycles. The zero-order valence-electron chi connectivity index (χ0n) is 30.4. The van der Waals surface area contributed by atoms with E-state index in [0.717, 1.165) is 47.6 Å². The molecule has 5 fully saturated rings. The van der Waals surface area contributed by atoms with Gasteiger partial charge in [-0.1, -0.05) is 161 Å². The third-order valence-corrected chi connectivity index (χ3v) is 14.2. The summed E-state index contributed by atoms with van der Waals surface area (Å²) in [6.07, 6.45) is 49.5. The van der Waals surface area contributed by atoms with Crippen LogP contribution in [-0.2, 0) is 0 Å².